The first-order valence-corrected chi connectivity index (χ1v) is 7.99. The van der Waals surface area contributed by atoms with E-state index in [1.54, 1.807) is 31.4 Å². The highest BCUT2D eigenvalue weighted by Gasteiger charge is 2.21. The van der Waals surface area contributed by atoms with Gasteiger partial charge in [0.25, 0.3) is 0 Å². The summed E-state index contributed by atoms with van der Waals surface area (Å²) in [7, 11) is 0.103. The summed E-state index contributed by atoms with van der Waals surface area (Å²) in [5.41, 5.74) is 0. The zero-order valence-electron chi connectivity index (χ0n) is 12.7. The van der Waals surface area contributed by atoms with Gasteiger partial charge in [-0.15, -0.1) is 0 Å². The largest absolute Gasteiger partial charge is 0.497 e. The summed E-state index contributed by atoms with van der Waals surface area (Å²) in [6, 6.07) is 6.17. The van der Waals surface area contributed by atoms with E-state index in [2.05, 4.69) is 5.32 Å². The maximum Gasteiger partial charge on any atom is 0.233 e. The maximum atomic E-state index is 12.1. The third kappa shape index (κ3) is 5.30. The fourth-order valence-corrected chi connectivity index (χ4v) is 2.81. The first-order chi connectivity index (χ1) is 9.85. The van der Waals surface area contributed by atoms with E-state index in [-0.39, 0.29) is 17.5 Å². The van der Waals surface area contributed by atoms with Crippen molar-refractivity contribution in [2.45, 2.75) is 31.7 Å². The van der Waals surface area contributed by atoms with E-state index in [1.165, 1.54) is 6.92 Å². The Bertz CT molecular complexity index is 525. The molecule has 0 spiro atoms. The fourth-order valence-electron chi connectivity index (χ4n) is 1.88. The van der Waals surface area contributed by atoms with Crippen molar-refractivity contribution >= 4 is 22.5 Å². The topological polar surface area (TPSA) is 72.5 Å². The summed E-state index contributed by atoms with van der Waals surface area (Å²) in [6.07, 6.45) is 0. The lowest BCUT2D eigenvalue weighted by Gasteiger charge is -2.19. The van der Waals surface area contributed by atoms with E-state index in [0.29, 0.717) is 10.6 Å². The Morgan fingerprint density at radius 3 is 2.24 bits per heavy atom. The lowest BCUT2D eigenvalue weighted by molar-refractivity contribution is -0.126. The van der Waals surface area contributed by atoms with Crippen LogP contribution in [-0.2, 0) is 20.4 Å². The summed E-state index contributed by atoms with van der Waals surface area (Å²) in [4.78, 5) is 23.9. The lowest BCUT2D eigenvalue weighted by atomic mass is 10.0. The Kier molecular flexibility index (Phi) is 6.55. The standard InChI is InChI=1S/C15H21NO4S/c1-10(2)15(11(3)17)16-14(18)9-21(19)13-7-5-12(20-4)6-8-13/h5-8,10,15H,9H2,1-4H3,(H,16,18). The van der Waals surface area contributed by atoms with E-state index in [1.807, 2.05) is 13.8 Å². The summed E-state index contributed by atoms with van der Waals surface area (Å²) in [6.45, 7) is 5.14. The highest BCUT2D eigenvalue weighted by atomic mass is 32.2. The maximum absolute atomic E-state index is 12.1. The van der Waals surface area contributed by atoms with E-state index in [0.717, 1.165) is 0 Å². The molecule has 1 aromatic carbocycles. The van der Waals surface area contributed by atoms with Crippen LogP contribution >= 0.6 is 0 Å². The molecule has 5 nitrogen and oxygen atoms in total. The number of hydrogen-bond donors (Lipinski definition) is 1. The second kappa shape index (κ2) is 7.93. The quantitative estimate of drug-likeness (QED) is 0.829. The fraction of sp³-hybridized carbons (Fsp3) is 0.467. The molecule has 2 atom stereocenters. The van der Waals surface area contributed by atoms with Crippen molar-refractivity contribution in [3.05, 3.63) is 24.3 Å². The Morgan fingerprint density at radius 2 is 1.81 bits per heavy atom. The third-order valence-electron chi connectivity index (χ3n) is 3.01. The molecule has 0 fully saturated rings. The predicted molar refractivity (Wildman–Crippen MR) is 81.7 cm³/mol. The van der Waals surface area contributed by atoms with Crippen molar-refractivity contribution in [1.82, 2.24) is 5.32 Å². The predicted octanol–water partition coefficient (Wildman–Crippen LogP) is 1.53. The van der Waals surface area contributed by atoms with E-state index < -0.39 is 22.7 Å². The smallest absolute Gasteiger partial charge is 0.233 e. The summed E-state index contributed by atoms with van der Waals surface area (Å²) < 4.78 is 17.1. The number of ketones is 1. The van der Waals surface area contributed by atoms with Gasteiger partial charge < -0.3 is 10.1 Å². The number of nitrogens with one attached hydrogen (secondary N) is 1. The second-order valence-corrected chi connectivity index (χ2v) is 6.52. The molecule has 0 aliphatic carbocycles. The Balaban J connectivity index is 2.64. The molecule has 0 saturated carbocycles. The molecule has 21 heavy (non-hydrogen) atoms. The van der Waals surface area contributed by atoms with Gasteiger partial charge in [0.05, 0.1) is 24.0 Å². The van der Waals surface area contributed by atoms with Crippen LogP contribution in [-0.4, -0.2) is 34.8 Å². The van der Waals surface area contributed by atoms with Crippen LogP contribution in [0.3, 0.4) is 0 Å². The first-order valence-electron chi connectivity index (χ1n) is 6.67. The van der Waals surface area contributed by atoms with Crippen molar-refractivity contribution in [2.24, 2.45) is 5.92 Å². The van der Waals surface area contributed by atoms with Crippen molar-refractivity contribution < 1.29 is 18.5 Å². The van der Waals surface area contributed by atoms with Gasteiger partial charge >= 0.3 is 0 Å². The number of rotatable bonds is 7. The number of Topliss-reactive ketones (excluding diaryl/α,β-unsaturated/α-hetero) is 1. The average molecular weight is 311 g/mol. The van der Waals surface area contributed by atoms with Gasteiger partial charge in [0, 0.05) is 4.90 Å². The molecule has 0 aliphatic rings. The monoisotopic (exact) mass is 311 g/mol. The average Bonchev–Trinajstić information content (AvgIpc) is 2.44. The number of carbonyl (C=O) groups excluding carboxylic acids is 2. The molecular weight excluding hydrogens is 290 g/mol. The van der Waals surface area contributed by atoms with Gasteiger partial charge in [-0.1, -0.05) is 13.8 Å². The van der Waals surface area contributed by atoms with Crippen LogP contribution in [0.1, 0.15) is 20.8 Å². The molecule has 0 bridgehead atoms. The summed E-state index contributed by atoms with van der Waals surface area (Å²) in [5, 5.41) is 2.63. The molecule has 0 aromatic heterocycles. The highest BCUT2D eigenvalue weighted by molar-refractivity contribution is 7.85. The van der Waals surface area contributed by atoms with Crippen LogP contribution in [0.4, 0.5) is 0 Å². The lowest BCUT2D eigenvalue weighted by Crippen LogP contribution is -2.45. The summed E-state index contributed by atoms with van der Waals surface area (Å²) >= 11 is 0. The molecule has 2 unspecified atom stereocenters. The van der Waals surface area contributed by atoms with Gasteiger partial charge in [0.1, 0.15) is 11.5 Å². The van der Waals surface area contributed by atoms with Crippen LogP contribution in [0.2, 0.25) is 0 Å². The van der Waals surface area contributed by atoms with Gasteiger partial charge in [0.2, 0.25) is 5.91 Å². The van der Waals surface area contributed by atoms with Crippen molar-refractivity contribution in [1.29, 1.82) is 0 Å². The van der Waals surface area contributed by atoms with Crippen molar-refractivity contribution in [3.63, 3.8) is 0 Å². The van der Waals surface area contributed by atoms with Crippen LogP contribution in [0.15, 0.2) is 29.2 Å². The van der Waals surface area contributed by atoms with E-state index in [4.69, 9.17) is 4.74 Å². The minimum Gasteiger partial charge on any atom is -0.497 e. The molecular formula is C15H21NO4S. The van der Waals surface area contributed by atoms with Gasteiger partial charge in [-0.05, 0) is 37.1 Å². The normalized spacial score (nSPS) is 13.6. The van der Waals surface area contributed by atoms with Crippen molar-refractivity contribution in [2.75, 3.05) is 12.9 Å². The van der Waals surface area contributed by atoms with Crippen LogP contribution in [0.5, 0.6) is 5.75 Å². The molecule has 0 aliphatic heterocycles. The van der Waals surface area contributed by atoms with Crippen LogP contribution in [0.25, 0.3) is 0 Å². The van der Waals surface area contributed by atoms with Gasteiger partial charge in [0.15, 0.2) is 5.78 Å². The SMILES string of the molecule is COc1ccc(S(=O)CC(=O)NC(C(C)=O)C(C)C)cc1. The van der Waals surface area contributed by atoms with Crippen LogP contribution < -0.4 is 10.1 Å². The molecule has 6 heteroatoms. The van der Waals surface area contributed by atoms with Crippen molar-refractivity contribution in [3.8, 4) is 5.75 Å². The molecule has 0 heterocycles. The minimum atomic E-state index is -1.45. The molecule has 1 amide bonds. The Labute approximate surface area is 127 Å². The number of carbonyl (C=O) groups is 2. The Morgan fingerprint density at radius 1 is 1.24 bits per heavy atom. The zero-order valence-corrected chi connectivity index (χ0v) is 13.5. The van der Waals surface area contributed by atoms with Crippen LogP contribution in [0, 0.1) is 5.92 Å². The molecule has 116 valence electrons. The molecule has 0 radical (unpaired) electrons. The van der Waals surface area contributed by atoms with Gasteiger partial charge in [-0.25, -0.2) is 0 Å². The third-order valence-corrected chi connectivity index (χ3v) is 4.33. The molecule has 0 saturated heterocycles. The highest BCUT2D eigenvalue weighted by Crippen LogP contribution is 2.14. The molecule has 1 aromatic rings. The number of benzene rings is 1. The van der Waals surface area contributed by atoms with E-state index >= 15 is 0 Å². The first kappa shape index (κ1) is 17.4. The Hall–Kier alpha value is -1.69. The number of amides is 1. The number of methoxy groups -OCH3 is 1. The van der Waals surface area contributed by atoms with Gasteiger partial charge in [-0.2, -0.15) is 0 Å². The summed E-state index contributed by atoms with van der Waals surface area (Å²) in [5.74, 6) is 0.00665. The van der Waals surface area contributed by atoms with Gasteiger partial charge in [-0.3, -0.25) is 13.8 Å². The number of hydrogen-bond acceptors (Lipinski definition) is 4. The second-order valence-electron chi connectivity index (χ2n) is 5.07. The number of ether oxygens (including phenoxy) is 1. The molecule has 1 rings (SSSR count). The zero-order chi connectivity index (χ0) is 16.0. The molecule has 1 N–H and O–H groups in total. The minimum absolute atomic E-state index is 0.000807. The van der Waals surface area contributed by atoms with E-state index in [9.17, 15) is 13.8 Å².